The average molecular weight is 342 g/mol. The normalized spacial score (nSPS) is 14.0. The lowest BCUT2D eigenvalue weighted by Gasteiger charge is -2.29. The molecule has 0 heterocycles. The number of carbonyl (C=O) groups is 1. The minimum Gasteiger partial charge on any atom is -0.465 e. The molecule has 0 N–H and O–H groups in total. The maximum Gasteiger partial charge on any atom is 0.313 e. The number of esters is 1. The minimum absolute atomic E-state index is 0. The molecule has 0 aromatic heterocycles. The maximum absolute atomic E-state index is 12.6. The molecule has 1 aromatic carbocycles. The Kier molecular flexibility index (Phi) is 9.48. The van der Waals surface area contributed by atoms with Crippen LogP contribution in [0.4, 0.5) is 0 Å². The molecule has 0 aliphatic heterocycles. The molecule has 0 saturated carbocycles. The van der Waals surface area contributed by atoms with Crippen molar-refractivity contribution in [3.8, 4) is 0 Å². The largest absolute Gasteiger partial charge is 0.465 e. The molecule has 0 radical (unpaired) electrons. The van der Waals surface area contributed by atoms with Gasteiger partial charge >= 0.3 is 5.97 Å². The van der Waals surface area contributed by atoms with Gasteiger partial charge in [0.2, 0.25) is 0 Å². The van der Waals surface area contributed by atoms with Gasteiger partial charge < -0.3 is 9.64 Å². The number of halogens is 1. The highest BCUT2D eigenvalue weighted by Crippen LogP contribution is 2.29. The van der Waals surface area contributed by atoms with Gasteiger partial charge in [0, 0.05) is 12.0 Å². The van der Waals surface area contributed by atoms with Gasteiger partial charge in [0.05, 0.1) is 12.5 Å². The first-order valence-electron chi connectivity index (χ1n) is 8.13. The second-order valence-corrected chi connectivity index (χ2v) is 7.28. The Labute approximate surface area is 147 Å². The lowest BCUT2D eigenvalue weighted by molar-refractivity contribution is -0.150. The molecule has 23 heavy (non-hydrogen) atoms. The summed E-state index contributed by atoms with van der Waals surface area (Å²) in [7, 11) is 4.07. The first kappa shape index (κ1) is 21.9. The van der Waals surface area contributed by atoms with Crippen LogP contribution in [0.3, 0.4) is 0 Å². The third-order valence-electron chi connectivity index (χ3n) is 3.98. The van der Waals surface area contributed by atoms with Crippen LogP contribution in [0.15, 0.2) is 30.3 Å². The van der Waals surface area contributed by atoms with E-state index in [-0.39, 0.29) is 35.6 Å². The second kappa shape index (κ2) is 9.94. The fraction of sp³-hybridized carbons (Fsp3) is 0.632. The Morgan fingerprint density at radius 1 is 1.22 bits per heavy atom. The summed E-state index contributed by atoms with van der Waals surface area (Å²) in [4.78, 5) is 14.8. The number of hydrogen-bond donors (Lipinski definition) is 0. The zero-order chi connectivity index (χ0) is 16.8. The van der Waals surface area contributed by atoms with Crippen LogP contribution in [0.5, 0.6) is 0 Å². The molecule has 0 fully saturated rings. The van der Waals surface area contributed by atoms with Crippen LogP contribution in [0.25, 0.3) is 0 Å². The lowest BCUT2D eigenvalue weighted by Crippen LogP contribution is -2.34. The van der Waals surface area contributed by atoms with Crippen molar-refractivity contribution in [3.05, 3.63) is 35.9 Å². The zero-order valence-corrected chi connectivity index (χ0v) is 16.2. The fourth-order valence-electron chi connectivity index (χ4n) is 2.85. The van der Waals surface area contributed by atoms with Crippen molar-refractivity contribution in [3.63, 3.8) is 0 Å². The van der Waals surface area contributed by atoms with Gasteiger partial charge in [-0.05, 0) is 25.6 Å². The SMILES string of the molecule is CCC(C)C(C(=O)OCC(C)(C)CN(C)C)c1ccccc1.Cl. The molecule has 1 rings (SSSR count). The van der Waals surface area contributed by atoms with E-state index >= 15 is 0 Å². The Hall–Kier alpha value is -1.06. The summed E-state index contributed by atoms with van der Waals surface area (Å²) in [5.41, 5.74) is 1.00. The van der Waals surface area contributed by atoms with E-state index in [1.807, 2.05) is 44.4 Å². The predicted molar refractivity (Wildman–Crippen MR) is 99.2 cm³/mol. The Bertz CT molecular complexity index is 460. The van der Waals surface area contributed by atoms with Crippen LogP contribution in [0.2, 0.25) is 0 Å². The second-order valence-electron chi connectivity index (χ2n) is 7.28. The number of rotatable bonds is 8. The van der Waals surface area contributed by atoms with E-state index in [0.29, 0.717) is 6.61 Å². The van der Waals surface area contributed by atoms with Crippen molar-refractivity contribution in [2.24, 2.45) is 11.3 Å². The smallest absolute Gasteiger partial charge is 0.313 e. The van der Waals surface area contributed by atoms with Crippen molar-refractivity contribution in [1.82, 2.24) is 4.90 Å². The van der Waals surface area contributed by atoms with Crippen molar-refractivity contribution in [1.29, 1.82) is 0 Å². The van der Waals surface area contributed by atoms with Crippen molar-refractivity contribution in [2.75, 3.05) is 27.2 Å². The van der Waals surface area contributed by atoms with Crippen LogP contribution in [-0.4, -0.2) is 38.1 Å². The number of hydrogen-bond acceptors (Lipinski definition) is 3. The molecular formula is C19H32ClNO2. The number of benzene rings is 1. The third kappa shape index (κ3) is 7.36. The summed E-state index contributed by atoms with van der Waals surface area (Å²) < 4.78 is 5.68. The van der Waals surface area contributed by atoms with Crippen LogP contribution in [0.1, 0.15) is 45.6 Å². The van der Waals surface area contributed by atoms with Gasteiger partial charge in [0.15, 0.2) is 0 Å². The molecule has 2 unspecified atom stereocenters. The van der Waals surface area contributed by atoms with Gasteiger partial charge in [-0.3, -0.25) is 4.79 Å². The van der Waals surface area contributed by atoms with Gasteiger partial charge in [-0.25, -0.2) is 0 Å². The number of carbonyl (C=O) groups excluding carboxylic acids is 1. The molecule has 0 saturated heterocycles. The van der Waals surface area contributed by atoms with Gasteiger partial charge in [-0.15, -0.1) is 12.4 Å². The summed E-state index contributed by atoms with van der Waals surface area (Å²) in [5.74, 6) is -0.0133. The molecule has 0 aliphatic carbocycles. The monoisotopic (exact) mass is 341 g/mol. The zero-order valence-electron chi connectivity index (χ0n) is 15.3. The summed E-state index contributed by atoms with van der Waals surface area (Å²) in [6.45, 7) is 9.82. The van der Waals surface area contributed by atoms with Crippen LogP contribution >= 0.6 is 12.4 Å². The highest BCUT2D eigenvalue weighted by molar-refractivity contribution is 5.85. The quantitative estimate of drug-likeness (QED) is 0.657. The summed E-state index contributed by atoms with van der Waals surface area (Å²) in [6.07, 6.45) is 0.954. The maximum atomic E-state index is 12.6. The fourth-order valence-corrected chi connectivity index (χ4v) is 2.85. The van der Waals surface area contributed by atoms with E-state index < -0.39 is 0 Å². The highest BCUT2D eigenvalue weighted by atomic mass is 35.5. The van der Waals surface area contributed by atoms with Gasteiger partial charge in [0.25, 0.3) is 0 Å². The summed E-state index contributed by atoms with van der Waals surface area (Å²) >= 11 is 0. The van der Waals surface area contributed by atoms with Gasteiger partial charge in [-0.2, -0.15) is 0 Å². The van der Waals surface area contributed by atoms with Gasteiger partial charge in [-0.1, -0.05) is 64.4 Å². The minimum atomic E-state index is -0.179. The standard InChI is InChI=1S/C19H31NO2.ClH/c1-7-15(2)17(16-11-9-8-10-12-16)18(21)22-14-19(3,4)13-20(5)6;/h8-12,15,17H,7,13-14H2,1-6H3;1H. The van der Waals surface area contributed by atoms with Crippen molar-refractivity contribution >= 4 is 18.4 Å². The first-order chi connectivity index (χ1) is 10.3. The molecule has 1 aromatic rings. The molecule has 0 spiro atoms. The molecule has 3 nitrogen and oxygen atoms in total. The van der Waals surface area contributed by atoms with Crippen molar-refractivity contribution in [2.45, 2.75) is 40.0 Å². The van der Waals surface area contributed by atoms with E-state index in [1.54, 1.807) is 0 Å². The van der Waals surface area contributed by atoms with E-state index in [0.717, 1.165) is 18.5 Å². The van der Waals surface area contributed by atoms with Crippen LogP contribution < -0.4 is 0 Å². The average Bonchev–Trinajstić information content (AvgIpc) is 2.45. The molecule has 132 valence electrons. The molecule has 4 heteroatoms. The van der Waals surface area contributed by atoms with E-state index in [2.05, 4.69) is 32.6 Å². The first-order valence-corrected chi connectivity index (χ1v) is 8.13. The Morgan fingerprint density at radius 2 is 1.78 bits per heavy atom. The van der Waals surface area contributed by atoms with Crippen LogP contribution in [-0.2, 0) is 9.53 Å². The van der Waals surface area contributed by atoms with Crippen molar-refractivity contribution < 1.29 is 9.53 Å². The summed E-state index contributed by atoms with van der Waals surface area (Å²) in [5, 5.41) is 0. The summed E-state index contributed by atoms with van der Waals surface area (Å²) in [6, 6.07) is 9.97. The lowest BCUT2D eigenvalue weighted by atomic mass is 9.85. The van der Waals surface area contributed by atoms with Crippen LogP contribution in [0, 0.1) is 11.3 Å². The molecular weight excluding hydrogens is 310 g/mol. The molecule has 0 aliphatic rings. The topological polar surface area (TPSA) is 29.5 Å². The molecule has 0 bridgehead atoms. The number of ether oxygens (including phenoxy) is 1. The third-order valence-corrected chi connectivity index (χ3v) is 3.98. The predicted octanol–water partition coefficient (Wildman–Crippen LogP) is 4.37. The van der Waals surface area contributed by atoms with E-state index in [9.17, 15) is 4.79 Å². The molecule has 2 atom stereocenters. The Morgan fingerprint density at radius 3 is 2.26 bits per heavy atom. The highest BCUT2D eigenvalue weighted by Gasteiger charge is 2.29. The molecule has 0 amide bonds. The van der Waals surface area contributed by atoms with Gasteiger partial charge in [0.1, 0.15) is 0 Å². The number of nitrogens with zero attached hydrogens (tertiary/aromatic N) is 1. The van der Waals surface area contributed by atoms with E-state index in [4.69, 9.17) is 4.74 Å². The Balaban J connectivity index is 0.00000484. The van der Waals surface area contributed by atoms with E-state index in [1.165, 1.54) is 0 Å².